The molecule has 0 spiro atoms. The summed E-state index contributed by atoms with van der Waals surface area (Å²) in [6, 6.07) is 9.55. The highest BCUT2D eigenvalue weighted by Crippen LogP contribution is 2.40. The van der Waals surface area contributed by atoms with Crippen molar-refractivity contribution in [3.63, 3.8) is 0 Å². The lowest BCUT2D eigenvalue weighted by atomic mass is 10.1. The molecule has 1 atom stereocenters. The van der Waals surface area contributed by atoms with Crippen LogP contribution in [0.1, 0.15) is 25.1 Å². The Bertz CT molecular complexity index is 913. The largest absolute Gasteiger partial charge is 0.508 e. The minimum absolute atomic E-state index is 0.00852. The van der Waals surface area contributed by atoms with Crippen molar-refractivity contribution < 1.29 is 19.7 Å². The minimum Gasteiger partial charge on any atom is -0.508 e. The fourth-order valence-corrected chi connectivity index (χ4v) is 2.56. The number of benzene rings is 2. The summed E-state index contributed by atoms with van der Waals surface area (Å²) in [4.78, 5) is 20.9. The summed E-state index contributed by atoms with van der Waals surface area (Å²) in [5.41, 5.74) is -0.273. The molecule has 0 fully saturated rings. The number of hydrogen-bond acceptors (Lipinski definition) is 8. The molecule has 26 heavy (non-hydrogen) atoms. The summed E-state index contributed by atoms with van der Waals surface area (Å²) in [7, 11) is 0. The molecule has 0 saturated carbocycles. The summed E-state index contributed by atoms with van der Waals surface area (Å²) in [6.45, 7) is 1.81. The van der Waals surface area contributed by atoms with Crippen molar-refractivity contribution in [2.24, 2.45) is 5.10 Å². The fraction of sp³-hybridized carbons (Fsp3) is 0.188. The Morgan fingerprint density at radius 1 is 1.19 bits per heavy atom. The van der Waals surface area contributed by atoms with E-state index >= 15 is 0 Å². The molecule has 1 unspecified atom stereocenters. The van der Waals surface area contributed by atoms with Crippen molar-refractivity contribution in [1.29, 1.82) is 0 Å². The first-order chi connectivity index (χ1) is 12.4. The van der Waals surface area contributed by atoms with Crippen LogP contribution >= 0.6 is 0 Å². The maximum absolute atomic E-state index is 11.4. The molecule has 1 aliphatic heterocycles. The number of phenolic OH excluding ortho intramolecular Hbond substituents is 1. The lowest BCUT2D eigenvalue weighted by molar-refractivity contribution is -0.393. The van der Waals surface area contributed by atoms with Crippen LogP contribution in [0.15, 0.2) is 47.6 Å². The van der Waals surface area contributed by atoms with Gasteiger partial charge >= 0.3 is 5.69 Å². The van der Waals surface area contributed by atoms with Crippen LogP contribution in [0.4, 0.5) is 17.1 Å². The predicted octanol–water partition coefficient (Wildman–Crippen LogP) is 3.47. The summed E-state index contributed by atoms with van der Waals surface area (Å²) in [5, 5.41) is 37.6. The summed E-state index contributed by atoms with van der Waals surface area (Å²) >= 11 is 0. The minimum atomic E-state index is -0.836. The Balaban J connectivity index is 2.11. The molecule has 0 aliphatic carbocycles. The standard InChI is InChI=1S/C16H14N4O6/c1-2-15-17-18(16(26-15)10-4-3-5-12(21)8-10)13-7-6-11(19(22)23)9-14(13)20(24)25/h3-9,16,21H,2H2,1H3. The highest BCUT2D eigenvalue weighted by molar-refractivity contribution is 5.81. The number of rotatable bonds is 5. The van der Waals surface area contributed by atoms with E-state index in [9.17, 15) is 25.3 Å². The van der Waals surface area contributed by atoms with Gasteiger partial charge in [-0.05, 0) is 18.2 Å². The van der Waals surface area contributed by atoms with Crippen LogP contribution in [0, 0.1) is 20.2 Å². The first kappa shape index (κ1) is 17.1. The first-order valence-electron chi connectivity index (χ1n) is 7.66. The number of nitro benzene ring substituents is 2. The molecule has 0 radical (unpaired) electrons. The Hall–Kier alpha value is -3.69. The quantitative estimate of drug-likeness (QED) is 0.639. The number of non-ortho nitro benzene ring substituents is 1. The number of aromatic hydroxyl groups is 1. The number of hydrazone groups is 1. The molecule has 1 N–H and O–H groups in total. The van der Waals surface area contributed by atoms with Crippen molar-refractivity contribution >= 4 is 23.0 Å². The normalized spacial score (nSPS) is 16.1. The molecule has 1 aliphatic rings. The second-order valence-electron chi connectivity index (χ2n) is 5.44. The second kappa shape index (κ2) is 6.67. The summed E-state index contributed by atoms with van der Waals surface area (Å²) in [6.07, 6.45) is -0.385. The van der Waals surface area contributed by atoms with E-state index in [-0.39, 0.29) is 11.4 Å². The van der Waals surface area contributed by atoms with Gasteiger partial charge in [0.2, 0.25) is 12.1 Å². The molecule has 134 valence electrons. The van der Waals surface area contributed by atoms with Gasteiger partial charge in [-0.2, -0.15) is 0 Å². The molecule has 0 amide bonds. The molecule has 1 heterocycles. The lowest BCUT2D eigenvalue weighted by Crippen LogP contribution is -2.21. The van der Waals surface area contributed by atoms with Crippen LogP contribution in [0.2, 0.25) is 0 Å². The third-order valence-electron chi connectivity index (χ3n) is 3.76. The Morgan fingerprint density at radius 3 is 2.58 bits per heavy atom. The lowest BCUT2D eigenvalue weighted by Gasteiger charge is -2.22. The second-order valence-corrected chi connectivity index (χ2v) is 5.44. The van der Waals surface area contributed by atoms with Crippen molar-refractivity contribution in [3.8, 4) is 5.75 Å². The zero-order valence-corrected chi connectivity index (χ0v) is 13.6. The van der Waals surface area contributed by atoms with Gasteiger partial charge in [0.1, 0.15) is 11.4 Å². The Morgan fingerprint density at radius 2 is 1.96 bits per heavy atom. The van der Waals surface area contributed by atoms with E-state index in [1.54, 1.807) is 12.1 Å². The predicted molar refractivity (Wildman–Crippen MR) is 91.9 cm³/mol. The number of phenols is 1. The van der Waals surface area contributed by atoms with Crippen LogP contribution in [-0.2, 0) is 4.74 Å². The van der Waals surface area contributed by atoms with Crippen LogP contribution in [0.25, 0.3) is 0 Å². The van der Waals surface area contributed by atoms with E-state index in [1.807, 2.05) is 6.92 Å². The third kappa shape index (κ3) is 3.11. The van der Waals surface area contributed by atoms with Gasteiger partial charge in [-0.3, -0.25) is 20.2 Å². The van der Waals surface area contributed by atoms with Gasteiger partial charge in [0.15, 0.2) is 0 Å². The molecule has 10 heteroatoms. The maximum Gasteiger partial charge on any atom is 0.301 e. The molecule has 3 rings (SSSR count). The van der Waals surface area contributed by atoms with Crippen LogP contribution in [0.5, 0.6) is 5.75 Å². The molecular weight excluding hydrogens is 344 g/mol. The fourth-order valence-electron chi connectivity index (χ4n) is 2.56. The van der Waals surface area contributed by atoms with E-state index in [0.717, 1.165) is 6.07 Å². The van der Waals surface area contributed by atoms with Crippen molar-refractivity contribution in [3.05, 3.63) is 68.3 Å². The van der Waals surface area contributed by atoms with Gasteiger partial charge in [-0.1, -0.05) is 19.1 Å². The maximum atomic E-state index is 11.4. The average Bonchev–Trinajstić information content (AvgIpc) is 3.05. The van der Waals surface area contributed by atoms with Gasteiger partial charge in [0.25, 0.3) is 5.69 Å². The molecule has 2 aromatic carbocycles. The van der Waals surface area contributed by atoms with Gasteiger partial charge in [-0.15, -0.1) is 5.10 Å². The Kier molecular flexibility index (Phi) is 4.40. The molecule has 0 aromatic heterocycles. The molecule has 10 nitrogen and oxygen atoms in total. The van der Waals surface area contributed by atoms with E-state index < -0.39 is 27.4 Å². The Labute approximate surface area is 147 Å². The highest BCUT2D eigenvalue weighted by atomic mass is 16.6. The molecule has 2 aromatic rings. The van der Waals surface area contributed by atoms with Crippen molar-refractivity contribution in [1.82, 2.24) is 0 Å². The van der Waals surface area contributed by atoms with Gasteiger partial charge in [0, 0.05) is 18.1 Å². The number of anilines is 1. The SMILES string of the molecule is CCC1=NN(c2ccc([N+](=O)[O-])cc2[N+](=O)[O-])C(c2cccc(O)c2)O1. The van der Waals surface area contributed by atoms with Crippen molar-refractivity contribution in [2.75, 3.05) is 5.01 Å². The third-order valence-corrected chi connectivity index (χ3v) is 3.76. The van der Waals surface area contributed by atoms with Crippen molar-refractivity contribution in [2.45, 2.75) is 19.6 Å². The number of ether oxygens (including phenoxy) is 1. The smallest absolute Gasteiger partial charge is 0.301 e. The zero-order chi connectivity index (χ0) is 18.8. The van der Waals surface area contributed by atoms with Gasteiger partial charge < -0.3 is 9.84 Å². The number of hydrogen-bond donors (Lipinski definition) is 1. The van der Waals surface area contributed by atoms with Crippen LogP contribution in [0.3, 0.4) is 0 Å². The number of nitro groups is 2. The summed E-state index contributed by atoms with van der Waals surface area (Å²) in [5.74, 6) is 0.361. The summed E-state index contributed by atoms with van der Waals surface area (Å²) < 4.78 is 5.74. The van der Waals surface area contributed by atoms with E-state index in [1.165, 1.54) is 29.3 Å². The average molecular weight is 358 g/mol. The zero-order valence-electron chi connectivity index (χ0n) is 13.6. The van der Waals surface area contributed by atoms with Crippen LogP contribution < -0.4 is 5.01 Å². The molecular formula is C16H14N4O6. The van der Waals surface area contributed by atoms with Gasteiger partial charge in [0.05, 0.1) is 15.9 Å². The van der Waals surface area contributed by atoms with E-state index in [4.69, 9.17) is 4.74 Å². The monoisotopic (exact) mass is 358 g/mol. The van der Waals surface area contributed by atoms with E-state index in [0.29, 0.717) is 17.9 Å². The van der Waals surface area contributed by atoms with Crippen LogP contribution in [-0.4, -0.2) is 20.9 Å². The van der Waals surface area contributed by atoms with E-state index in [2.05, 4.69) is 5.10 Å². The highest BCUT2D eigenvalue weighted by Gasteiger charge is 2.35. The molecule has 0 bridgehead atoms. The first-order valence-corrected chi connectivity index (χ1v) is 7.66. The molecule has 0 saturated heterocycles. The number of nitrogens with zero attached hydrogens (tertiary/aromatic N) is 4. The van der Waals surface area contributed by atoms with Gasteiger partial charge in [-0.25, -0.2) is 5.01 Å². The topological polar surface area (TPSA) is 131 Å².